The number of carbonyl (C=O) groups is 1. The first-order valence-corrected chi connectivity index (χ1v) is 11.5. The summed E-state index contributed by atoms with van der Waals surface area (Å²) in [6, 6.07) is 13.9. The molecule has 35 heavy (non-hydrogen) atoms. The van der Waals surface area contributed by atoms with Gasteiger partial charge in [0.1, 0.15) is 11.6 Å². The summed E-state index contributed by atoms with van der Waals surface area (Å²) >= 11 is 0. The molecule has 0 bridgehead atoms. The van der Waals surface area contributed by atoms with Crippen LogP contribution >= 0.6 is 0 Å². The van der Waals surface area contributed by atoms with Crippen LogP contribution in [0.2, 0.25) is 0 Å². The summed E-state index contributed by atoms with van der Waals surface area (Å²) in [5, 5.41) is 2.62. The van der Waals surface area contributed by atoms with Gasteiger partial charge in [-0.3, -0.25) is 14.1 Å². The number of benzene rings is 1. The van der Waals surface area contributed by atoms with E-state index in [0.29, 0.717) is 23.9 Å². The van der Waals surface area contributed by atoms with Gasteiger partial charge in [0.25, 0.3) is 5.91 Å². The smallest absolute Gasteiger partial charge is 0.259 e. The first-order chi connectivity index (χ1) is 17.1. The van der Waals surface area contributed by atoms with Crippen molar-refractivity contribution in [2.45, 2.75) is 25.8 Å². The molecule has 0 aliphatic carbocycles. The monoisotopic (exact) mass is 468 g/mol. The van der Waals surface area contributed by atoms with Gasteiger partial charge in [0.15, 0.2) is 0 Å². The number of halogens is 1. The summed E-state index contributed by atoms with van der Waals surface area (Å²) in [6.07, 6.45) is 5.34. The molecule has 0 radical (unpaired) electrons. The van der Waals surface area contributed by atoms with Gasteiger partial charge in [0, 0.05) is 24.0 Å². The van der Waals surface area contributed by atoms with Crippen LogP contribution in [0.3, 0.4) is 0 Å². The van der Waals surface area contributed by atoms with Crippen molar-refractivity contribution in [3.05, 3.63) is 77.9 Å². The Bertz CT molecular complexity index is 1450. The van der Waals surface area contributed by atoms with Crippen molar-refractivity contribution in [3.63, 3.8) is 0 Å². The van der Waals surface area contributed by atoms with Crippen LogP contribution in [0.1, 0.15) is 41.7 Å². The quantitative estimate of drug-likeness (QED) is 0.420. The normalized spacial score (nSPS) is 15.7. The zero-order valence-corrected chi connectivity index (χ0v) is 19.3. The highest BCUT2D eigenvalue weighted by molar-refractivity contribution is 6.04. The number of anilines is 2. The standard InChI is InChI=1S/C27H25FN6O/c1-2-3-14-33-15-6-7-22(33)20-17-24(34-23(20)11-13-31-27(34)29)18-9-10-19(21(28)16-18)26(35)32-25-8-4-5-12-30-25/h4-5,8-13,16-17,22H,6-7,14-15H2,1H3,(H2,29,31)(H,30,32,35). The van der Waals surface area contributed by atoms with Crippen molar-refractivity contribution in [1.29, 1.82) is 0 Å². The first kappa shape index (κ1) is 22.6. The van der Waals surface area contributed by atoms with Gasteiger partial charge in [-0.05, 0) is 68.3 Å². The molecule has 1 aliphatic rings. The van der Waals surface area contributed by atoms with E-state index < -0.39 is 11.7 Å². The summed E-state index contributed by atoms with van der Waals surface area (Å²) < 4.78 is 17.0. The van der Waals surface area contributed by atoms with E-state index in [-0.39, 0.29) is 11.6 Å². The average Bonchev–Trinajstić information content (AvgIpc) is 3.48. The number of nitrogens with two attached hydrogens (primary N) is 1. The Morgan fingerprint density at radius 1 is 1.20 bits per heavy atom. The van der Waals surface area contributed by atoms with E-state index in [1.807, 2.05) is 17.4 Å². The number of hydrogen-bond donors (Lipinski definition) is 2. The third kappa shape index (κ3) is 4.34. The molecule has 4 heterocycles. The number of likely N-dealkylation sites (tertiary alicyclic amines) is 1. The highest BCUT2D eigenvalue weighted by Gasteiger charge is 2.29. The van der Waals surface area contributed by atoms with Gasteiger partial charge in [0.2, 0.25) is 5.95 Å². The van der Waals surface area contributed by atoms with Crippen LogP contribution in [0.25, 0.3) is 16.8 Å². The van der Waals surface area contributed by atoms with Gasteiger partial charge in [-0.25, -0.2) is 14.4 Å². The zero-order valence-electron chi connectivity index (χ0n) is 19.3. The molecular formula is C27H25FN6O. The minimum Gasteiger partial charge on any atom is -0.369 e. The van der Waals surface area contributed by atoms with Crippen molar-refractivity contribution in [3.8, 4) is 23.1 Å². The number of hydrogen-bond acceptors (Lipinski definition) is 5. The number of fused-ring (bicyclic) bond motifs is 1. The maximum atomic E-state index is 15.1. The second-order valence-electron chi connectivity index (χ2n) is 8.43. The molecule has 1 aromatic carbocycles. The van der Waals surface area contributed by atoms with Crippen molar-refractivity contribution >= 4 is 23.2 Å². The number of amides is 1. The summed E-state index contributed by atoms with van der Waals surface area (Å²) in [6.45, 7) is 3.52. The number of nitrogens with zero attached hydrogens (tertiary/aromatic N) is 4. The van der Waals surface area contributed by atoms with Gasteiger partial charge in [-0.2, -0.15) is 0 Å². The molecule has 3 aromatic heterocycles. The minimum atomic E-state index is -0.629. The molecular weight excluding hydrogens is 443 g/mol. The summed E-state index contributed by atoms with van der Waals surface area (Å²) in [7, 11) is 0. The largest absolute Gasteiger partial charge is 0.369 e. The van der Waals surface area contributed by atoms with Crippen LogP contribution in [0.15, 0.2) is 60.9 Å². The van der Waals surface area contributed by atoms with Crippen molar-refractivity contribution in [2.75, 3.05) is 24.1 Å². The van der Waals surface area contributed by atoms with E-state index >= 15 is 4.39 Å². The maximum absolute atomic E-state index is 15.1. The van der Waals surface area contributed by atoms with Crippen LogP contribution < -0.4 is 11.1 Å². The molecule has 1 amide bonds. The summed E-state index contributed by atoms with van der Waals surface area (Å²) in [5.74, 6) is 5.63. The SMILES string of the molecule is CC#CCN1CCCC1c1cc(-c2ccc(C(=O)Nc3ccccn3)c(F)c2)n2c(N)nccc12. The first-order valence-electron chi connectivity index (χ1n) is 11.5. The van der Waals surface area contributed by atoms with Crippen LogP contribution in [-0.4, -0.2) is 38.3 Å². The number of rotatable bonds is 5. The third-order valence-electron chi connectivity index (χ3n) is 6.34. The lowest BCUT2D eigenvalue weighted by molar-refractivity contribution is 0.102. The van der Waals surface area contributed by atoms with Crippen molar-refractivity contribution < 1.29 is 9.18 Å². The molecule has 1 fully saturated rings. The number of pyridine rings is 1. The molecule has 1 saturated heterocycles. The van der Waals surface area contributed by atoms with Crippen LogP contribution in [0, 0.1) is 17.7 Å². The van der Waals surface area contributed by atoms with Crippen LogP contribution in [-0.2, 0) is 0 Å². The molecule has 1 atom stereocenters. The molecule has 176 valence electrons. The molecule has 0 saturated carbocycles. The fourth-order valence-electron chi connectivity index (χ4n) is 4.71. The third-order valence-corrected chi connectivity index (χ3v) is 6.34. The lowest BCUT2D eigenvalue weighted by Gasteiger charge is -2.21. The molecule has 0 spiro atoms. The summed E-state index contributed by atoms with van der Waals surface area (Å²) in [4.78, 5) is 23.3. The van der Waals surface area contributed by atoms with E-state index in [1.165, 1.54) is 12.1 Å². The molecule has 7 nitrogen and oxygen atoms in total. The lowest BCUT2D eigenvalue weighted by atomic mass is 10.0. The Kier molecular flexibility index (Phi) is 6.17. The highest BCUT2D eigenvalue weighted by atomic mass is 19.1. The number of nitrogens with one attached hydrogen (secondary N) is 1. The topological polar surface area (TPSA) is 88.5 Å². The van der Waals surface area contributed by atoms with Gasteiger partial charge >= 0.3 is 0 Å². The number of nitrogen functional groups attached to an aromatic ring is 1. The Balaban J connectivity index is 1.53. The molecule has 4 aromatic rings. The summed E-state index contributed by atoms with van der Waals surface area (Å²) in [5.41, 5.74) is 9.59. The predicted molar refractivity (Wildman–Crippen MR) is 134 cm³/mol. The van der Waals surface area contributed by atoms with Crippen molar-refractivity contribution in [1.82, 2.24) is 19.3 Å². The molecule has 8 heteroatoms. The maximum Gasteiger partial charge on any atom is 0.259 e. The fourth-order valence-corrected chi connectivity index (χ4v) is 4.71. The van der Waals surface area contributed by atoms with E-state index in [4.69, 9.17) is 5.73 Å². The van der Waals surface area contributed by atoms with Gasteiger partial charge in [0.05, 0.1) is 23.3 Å². The lowest BCUT2D eigenvalue weighted by Crippen LogP contribution is -2.23. The van der Waals surface area contributed by atoms with Gasteiger partial charge in [-0.1, -0.05) is 18.1 Å². The molecule has 3 N–H and O–H groups in total. The molecule has 1 aliphatic heterocycles. The Morgan fingerprint density at radius 3 is 2.86 bits per heavy atom. The highest BCUT2D eigenvalue weighted by Crippen LogP contribution is 2.38. The molecule has 5 rings (SSSR count). The Labute approximate surface area is 202 Å². The minimum absolute atomic E-state index is 0.0632. The van der Waals surface area contributed by atoms with Crippen LogP contribution in [0.5, 0.6) is 0 Å². The molecule has 1 unspecified atom stereocenters. The van der Waals surface area contributed by atoms with Gasteiger partial charge < -0.3 is 11.1 Å². The Hall–Kier alpha value is -4.22. The zero-order chi connectivity index (χ0) is 24.4. The second-order valence-corrected chi connectivity index (χ2v) is 8.43. The van der Waals surface area contributed by atoms with E-state index in [0.717, 1.165) is 36.2 Å². The second kappa shape index (κ2) is 9.57. The van der Waals surface area contributed by atoms with Gasteiger partial charge in [-0.15, -0.1) is 5.92 Å². The van der Waals surface area contributed by atoms with E-state index in [2.05, 4.69) is 38.1 Å². The number of aromatic nitrogens is 3. The van der Waals surface area contributed by atoms with Crippen molar-refractivity contribution in [2.24, 2.45) is 0 Å². The predicted octanol–water partition coefficient (Wildman–Crippen LogP) is 4.53. The fraction of sp³-hybridized carbons (Fsp3) is 0.222. The van der Waals surface area contributed by atoms with E-state index in [9.17, 15) is 4.79 Å². The Morgan fingerprint density at radius 2 is 2.09 bits per heavy atom. The average molecular weight is 469 g/mol. The van der Waals surface area contributed by atoms with E-state index in [1.54, 1.807) is 36.7 Å². The number of carbonyl (C=O) groups excluding carboxylic acids is 1. The van der Waals surface area contributed by atoms with Crippen LogP contribution in [0.4, 0.5) is 16.2 Å².